The fourth-order valence-electron chi connectivity index (χ4n) is 3.66. The predicted octanol–water partition coefficient (Wildman–Crippen LogP) is 3.09. The summed E-state index contributed by atoms with van der Waals surface area (Å²) in [5.41, 5.74) is 2.70. The zero-order chi connectivity index (χ0) is 26.6. The number of hydrogen-bond acceptors (Lipinski definition) is 2. The van der Waals surface area contributed by atoms with Crippen molar-refractivity contribution in [3.8, 4) is 0 Å². The maximum absolute atomic E-state index is 11.0. The Labute approximate surface area is 220 Å². The van der Waals surface area contributed by atoms with Crippen LogP contribution >= 0.6 is 0 Å². The summed E-state index contributed by atoms with van der Waals surface area (Å²) < 4.78 is 0. The van der Waals surface area contributed by atoms with Gasteiger partial charge in [-0.1, -0.05) is 105 Å². The molecule has 4 N–H and O–H groups in total. The van der Waals surface area contributed by atoms with E-state index >= 15 is 0 Å². The zero-order valence-electron chi connectivity index (χ0n) is 24.5. The maximum atomic E-state index is 11.0. The van der Waals surface area contributed by atoms with E-state index in [-0.39, 0.29) is 0 Å². The molecule has 0 fully saturated rings. The molecular weight excluding hydrogens is 431 g/mol. The standard InChI is InChI=1S/C14H21BO2.2C8H19N/c1-3-5-7-12-9-13(8-6-4-2)11-14(10-12)15(16)17;2*1-3-5-7-9-8-6-4-2/h9-11H,3-8H2,1-2H3;2*9H,3-8H2,1-2H3/q-2;;/p+2. The van der Waals surface area contributed by atoms with E-state index in [1.54, 1.807) is 12.1 Å². The lowest BCUT2D eigenvalue weighted by molar-refractivity contribution is -0.655. The van der Waals surface area contributed by atoms with Crippen molar-refractivity contribution in [2.75, 3.05) is 26.2 Å². The fourth-order valence-corrected chi connectivity index (χ4v) is 3.66. The molecule has 0 atom stereocenters. The topological polar surface area (TPSA) is 79.3 Å². The van der Waals surface area contributed by atoms with Crippen molar-refractivity contribution < 1.29 is 20.7 Å². The van der Waals surface area contributed by atoms with E-state index in [9.17, 15) is 10.0 Å². The fraction of sp³-hybridized carbons (Fsp3) is 0.800. The van der Waals surface area contributed by atoms with Gasteiger partial charge in [-0.05, 0) is 62.5 Å². The van der Waals surface area contributed by atoms with Crippen molar-refractivity contribution in [1.29, 1.82) is 0 Å². The van der Waals surface area contributed by atoms with Crippen LogP contribution in [0, 0.1) is 0 Å². The van der Waals surface area contributed by atoms with Crippen LogP contribution in [0.15, 0.2) is 18.2 Å². The van der Waals surface area contributed by atoms with Crippen molar-refractivity contribution in [3.05, 3.63) is 29.3 Å². The van der Waals surface area contributed by atoms with Crippen molar-refractivity contribution >= 4 is 12.6 Å². The van der Waals surface area contributed by atoms with Gasteiger partial charge < -0.3 is 20.7 Å². The van der Waals surface area contributed by atoms with Crippen LogP contribution in [0.1, 0.15) is 130 Å². The number of rotatable bonds is 19. The summed E-state index contributed by atoms with van der Waals surface area (Å²) in [5.74, 6) is 0. The summed E-state index contributed by atoms with van der Waals surface area (Å²) in [5, 5.41) is 26.9. The molecule has 0 saturated heterocycles. The Bertz CT molecular complexity index is 489. The van der Waals surface area contributed by atoms with E-state index < -0.39 is 7.12 Å². The van der Waals surface area contributed by atoms with Crippen molar-refractivity contribution in [1.82, 2.24) is 0 Å². The third-order valence-electron chi connectivity index (χ3n) is 6.03. The van der Waals surface area contributed by atoms with E-state index in [1.165, 1.54) is 77.5 Å². The highest BCUT2D eigenvalue weighted by atomic mass is 16.4. The minimum Gasteiger partial charge on any atom is -0.889 e. The van der Waals surface area contributed by atoms with Gasteiger partial charge in [0, 0.05) is 0 Å². The second-order valence-electron chi connectivity index (χ2n) is 9.77. The molecule has 4 nitrogen and oxygen atoms in total. The van der Waals surface area contributed by atoms with Gasteiger partial charge in [0.05, 0.1) is 26.2 Å². The lowest BCUT2D eigenvalue weighted by Gasteiger charge is -2.28. The minimum absolute atomic E-state index is 0.407. The van der Waals surface area contributed by atoms with Gasteiger partial charge in [-0.3, -0.25) is 0 Å². The van der Waals surface area contributed by atoms with Gasteiger partial charge in [0.2, 0.25) is 0 Å². The Hall–Kier alpha value is -0.875. The van der Waals surface area contributed by atoms with Crippen LogP contribution in [0.3, 0.4) is 0 Å². The van der Waals surface area contributed by atoms with Crippen LogP contribution in [0.2, 0.25) is 0 Å². The molecule has 206 valence electrons. The molecule has 0 heterocycles. The van der Waals surface area contributed by atoms with Crippen LogP contribution < -0.4 is 26.1 Å². The molecule has 1 aromatic carbocycles. The van der Waals surface area contributed by atoms with Crippen LogP contribution in [-0.2, 0) is 12.8 Å². The van der Waals surface area contributed by atoms with Crippen LogP contribution in [0.5, 0.6) is 0 Å². The maximum Gasteiger partial charge on any atom is 0.0755 e. The Morgan fingerprint density at radius 3 is 1.09 bits per heavy atom. The van der Waals surface area contributed by atoms with Gasteiger partial charge in [0.25, 0.3) is 0 Å². The average Bonchev–Trinajstić information content (AvgIpc) is 2.87. The molecule has 0 spiro atoms. The normalized spacial score (nSPS) is 10.3. The Morgan fingerprint density at radius 2 is 0.829 bits per heavy atom. The second-order valence-corrected chi connectivity index (χ2v) is 9.77. The second kappa shape index (κ2) is 29.4. The first-order valence-corrected chi connectivity index (χ1v) is 15.1. The molecule has 35 heavy (non-hydrogen) atoms. The summed E-state index contributed by atoms with van der Waals surface area (Å²) in [7, 11) is -1.85. The molecule has 0 aromatic heterocycles. The first-order valence-electron chi connectivity index (χ1n) is 15.1. The molecule has 5 heteroatoms. The summed E-state index contributed by atoms with van der Waals surface area (Å²) in [6.07, 6.45) is 17.3. The number of benzene rings is 1. The molecule has 0 radical (unpaired) electrons. The van der Waals surface area contributed by atoms with Crippen LogP contribution in [0.4, 0.5) is 0 Å². The van der Waals surface area contributed by atoms with Gasteiger partial charge in [-0.15, -0.1) is 5.46 Å². The van der Waals surface area contributed by atoms with E-state index in [0.29, 0.717) is 5.46 Å². The highest BCUT2D eigenvalue weighted by Crippen LogP contribution is 2.10. The van der Waals surface area contributed by atoms with Gasteiger partial charge in [0.15, 0.2) is 0 Å². The SMILES string of the molecule is CCCC[NH2+]CCCC.CCCC[NH2+]CCCC.CCCCc1cc(CCCC)cc(B([O-])[O-])c1. The molecule has 0 aliphatic heterocycles. The van der Waals surface area contributed by atoms with E-state index in [0.717, 1.165) is 49.7 Å². The average molecular weight is 493 g/mol. The number of hydrogen-bond donors (Lipinski definition) is 2. The third-order valence-corrected chi connectivity index (χ3v) is 6.03. The summed E-state index contributed by atoms with van der Waals surface area (Å²) in [4.78, 5) is 0. The molecule has 0 saturated carbocycles. The summed E-state index contributed by atoms with van der Waals surface area (Å²) >= 11 is 0. The summed E-state index contributed by atoms with van der Waals surface area (Å²) in [6.45, 7) is 18.6. The Morgan fingerprint density at radius 1 is 0.514 bits per heavy atom. The monoisotopic (exact) mass is 492 g/mol. The van der Waals surface area contributed by atoms with E-state index in [1.807, 2.05) is 0 Å². The Kier molecular flexibility index (Phi) is 30.4. The van der Waals surface area contributed by atoms with Crippen molar-refractivity contribution in [2.45, 2.75) is 131 Å². The first-order chi connectivity index (χ1) is 17.0. The largest absolute Gasteiger partial charge is 0.889 e. The number of aryl methyl sites for hydroxylation is 2. The molecule has 0 amide bonds. The quantitative estimate of drug-likeness (QED) is 0.230. The highest BCUT2D eigenvalue weighted by molar-refractivity contribution is 6.55. The van der Waals surface area contributed by atoms with Gasteiger partial charge in [-0.2, -0.15) is 0 Å². The third kappa shape index (κ3) is 26.0. The van der Waals surface area contributed by atoms with Gasteiger partial charge in [-0.25, -0.2) is 0 Å². The molecule has 0 bridgehead atoms. The number of quaternary nitrogens is 2. The van der Waals surface area contributed by atoms with Crippen LogP contribution in [0.25, 0.3) is 0 Å². The molecule has 0 unspecified atom stereocenters. The van der Waals surface area contributed by atoms with E-state index in [2.05, 4.69) is 58.2 Å². The van der Waals surface area contributed by atoms with Gasteiger partial charge >= 0.3 is 0 Å². The zero-order valence-corrected chi connectivity index (χ0v) is 24.5. The molecule has 1 rings (SSSR count). The number of unbranched alkanes of at least 4 members (excludes halogenated alkanes) is 6. The van der Waals surface area contributed by atoms with E-state index in [4.69, 9.17) is 0 Å². The molecule has 1 aromatic rings. The Balaban J connectivity index is 0. The lowest BCUT2D eigenvalue weighted by Crippen LogP contribution is -2.84. The smallest absolute Gasteiger partial charge is 0.0755 e. The predicted molar refractivity (Wildman–Crippen MR) is 152 cm³/mol. The number of nitrogens with two attached hydrogens (primary N) is 2. The summed E-state index contributed by atoms with van der Waals surface area (Å²) in [6, 6.07) is 5.72. The molecule has 0 aliphatic rings. The first kappa shape index (κ1) is 36.3. The highest BCUT2D eigenvalue weighted by Gasteiger charge is 2.00. The minimum atomic E-state index is -1.85. The van der Waals surface area contributed by atoms with Crippen LogP contribution in [-0.4, -0.2) is 33.3 Å². The lowest BCUT2D eigenvalue weighted by atomic mass is 9.78. The van der Waals surface area contributed by atoms with Gasteiger partial charge in [0.1, 0.15) is 0 Å². The van der Waals surface area contributed by atoms with Crippen molar-refractivity contribution in [2.24, 2.45) is 0 Å². The molecular formula is C30H61BN2O2. The molecule has 0 aliphatic carbocycles. The van der Waals surface area contributed by atoms with Crippen molar-refractivity contribution in [3.63, 3.8) is 0 Å².